The summed E-state index contributed by atoms with van der Waals surface area (Å²) in [5, 5.41) is 15.6. The third-order valence-corrected chi connectivity index (χ3v) is 3.84. The van der Waals surface area contributed by atoms with E-state index in [2.05, 4.69) is 20.6 Å². The van der Waals surface area contributed by atoms with Gasteiger partial charge in [0.2, 0.25) is 11.7 Å². The summed E-state index contributed by atoms with van der Waals surface area (Å²) in [4.78, 5) is 19.4. The number of aromatic hydroxyl groups is 1. The van der Waals surface area contributed by atoms with Crippen LogP contribution in [0, 0.1) is 5.92 Å². The maximum Gasteiger partial charge on any atom is 0.289 e. The molecule has 0 aromatic carbocycles. The van der Waals surface area contributed by atoms with Crippen LogP contribution in [0.4, 0.5) is 0 Å². The summed E-state index contributed by atoms with van der Waals surface area (Å²) in [6, 6.07) is 0.470. The van der Waals surface area contributed by atoms with Gasteiger partial charge in [-0.1, -0.05) is 11.6 Å². The fourth-order valence-corrected chi connectivity index (χ4v) is 2.80. The number of halogens is 1. The van der Waals surface area contributed by atoms with Crippen LogP contribution < -0.4 is 10.6 Å². The third-order valence-electron chi connectivity index (χ3n) is 3.57. The minimum absolute atomic E-state index is 0.0353. The first-order valence-electron chi connectivity index (χ1n) is 5.89. The van der Waals surface area contributed by atoms with Gasteiger partial charge in [-0.2, -0.15) is 4.98 Å². The predicted molar refractivity (Wildman–Crippen MR) is 64.5 cm³/mol. The van der Waals surface area contributed by atoms with Gasteiger partial charge in [-0.25, -0.2) is 4.98 Å². The number of amides is 1. The maximum atomic E-state index is 11.9. The Morgan fingerprint density at radius 1 is 1.56 bits per heavy atom. The molecule has 2 heterocycles. The maximum absolute atomic E-state index is 11.9. The fourth-order valence-electron chi connectivity index (χ4n) is 2.71. The first-order chi connectivity index (χ1) is 8.63. The highest BCUT2D eigenvalue weighted by Crippen LogP contribution is 2.31. The molecule has 1 aromatic rings. The van der Waals surface area contributed by atoms with E-state index in [1.165, 1.54) is 6.20 Å². The molecule has 96 valence electrons. The molecule has 1 aromatic heterocycles. The fraction of sp³-hybridized carbons (Fsp3) is 0.545. The second-order valence-corrected chi connectivity index (χ2v) is 5.20. The van der Waals surface area contributed by atoms with Gasteiger partial charge >= 0.3 is 0 Å². The van der Waals surface area contributed by atoms with E-state index in [0.717, 1.165) is 19.4 Å². The van der Waals surface area contributed by atoms with Gasteiger partial charge < -0.3 is 15.7 Å². The van der Waals surface area contributed by atoms with Crippen LogP contribution in [0.2, 0.25) is 5.02 Å². The van der Waals surface area contributed by atoms with Crippen molar-refractivity contribution in [3.05, 3.63) is 17.0 Å². The lowest BCUT2D eigenvalue weighted by Crippen LogP contribution is -2.48. The van der Waals surface area contributed by atoms with Gasteiger partial charge in [-0.05, 0) is 25.3 Å². The standard InChI is InChI=1S/C11H13ClN4O2/c12-6-4-14-9(16-10(6)17)11(18)15-8-2-5-1-7(8)13-3-5/h4-5,7-8,13H,1-3H2,(H,15,18)(H,14,16,17). The van der Waals surface area contributed by atoms with E-state index in [4.69, 9.17) is 11.6 Å². The predicted octanol–water partition coefficient (Wildman–Crippen LogP) is 0.316. The van der Waals surface area contributed by atoms with Crippen LogP contribution in [0.25, 0.3) is 0 Å². The molecule has 2 aliphatic rings. The second-order valence-electron chi connectivity index (χ2n) is 4.80. The lowest BCUT2D eigenvalue weighted by Gasteiger charge is -2.23. The van der Waals surface area contributed by atoms with Crippen molar-refractivity contribution in [3.63, 3.8) is 0 Å². The number of hydrogen-bond donors (Lipinski definition) is 3. The van der Waals surface area contributed by atoms with Crippen LogP contribution in [0.3, 0.4) is 0 Å². The zero-order valence-corrected chi connectivity index (χ0v) is 10.3. The van der Waals surface area contributed by atoms with Crippen LogP contribution in [0.1, 0.15) is 23.5 Å². The summed E-state index contributed by atoms with van der Waals surface area (Å²) >= 11 is 5.59. The summed E-state index contributed by atoms with van der Waals surface area (Å²) in [6.07, 6.45) is 3.32. The quantitative estimate of drug-likeness (QED) is 0.719. The van der Waals surface area contributed by atoms with E-state index in [9.17, 15) is 9.90 Å². The Hall–Kier alpha value is -1.40. The SMILES string of the molecule is O=C(NC1CC2CNC1C2)c1ncc(Cl)c(O)n1. The Balaban J connectivity index is 1.69. The molecule has 18 heavy (non-hydrogen) atoms. The Morgan fingerprint density at radius 3 is 3.00 bits per heavy atom. The number of nitrogens with zero attached hydrogens (tertiary/aromatic N) is 2. The number of rotatable bonds is 2. The minimum atomic E-state index is -0.374. The lowest BCUT2D eigenvalue weighted by atomic mass is 10.1. The lowest BCUT2D eigenvalue weighted by molar-refractivity contribution is 0.0916. The third kappa shape index (κ3) is 2.02. The van der Waals surface area contributed by atoms with Gasteiger partial charge in [0.25, 0.3) is 5.91 Å². The Morgan fingerprint density at radius 2 is 2.39 bits per heavy atom. The number of nitrogens with one attached hydrogen (secondary N) is 2. The monoisotopic (exact) mass is 268 g/mol. The first-order valence-corrected chi connectivity index (χ1v) is 6.27. The van der Waals surface area contributed by atoms with Crippen molar-refractivity contribution < 1.29 is 9.90 Å². The van der Waals surface area contributed by atoms with Gasteiger partial charge in [0, 0.05) is 12.1 Å². The average Bonchev–Trinajstić information content (AvgIpc) is 2.94. The Labute approximate surface area is 109 Å². The van der Waals surface area contributed by atoms with Crippen molar-refractivity contribution in [2.75, 3.05) is 6.54 Å². The molecule has 0 spiro atoms. The zero-order valence-electron chi connectivity index (χ0n) is 9.56. The van der Waals surface area contributed by atoms with E-state index < -0.39 is 0 Å². The molecule has 2 fully saturated rings. The molecule has 3 atom stereocenters. The van der Waals surface area contributed by atoms with E-state index in [-0.39, 0.29) is 28.7 Å². The number of fused-ring (bicyclic) bond motifs is 2. The van der Waals surface area contributed by atoms with E-state index in [0.29, 0.717) is 12.0 Å². The molecule has 7 heteroatoms. The van der Waals surface area contributed by atoms with Crippen LogP contribution >= 0.6 is 11.6 Å². The van der Waals surface area contributed by atoms with Crippen LogP contribution in [0.15, 0.2) is 6.20 Å². The molecule has 1 aliphatic carbocycles. The Bertz CT molecular complexity index is 496. The van der Waals surface area contributed by atoms with Crippen LogP contribution in [-0.2, 0) is 0 Å². The summed E-state index contributed by atoms with van der Waals surface area (Å²) in [7, 11) is 0. The molecule has 6 nitrogen and oxygen atoms in total. The van der Waals surface area contributed by atoms with Gasteiger partial charge in [0.05, 0.1) is 6.20 Å². The van der Waals surface area contributed by atoms with E-state index in [1.54, 1.807) is 0 Å². The van der Waals surface area contributed by atoms with Gasteiger partial charge in [0.15, 0.2) is 0 Å². The molecule has 0 radical (unpaired) electrons. The van der Waals surface area contributed by atoms with Gasteiger partial charge in [-0.3, -0.25) is 4.79 Å². The molecule has 2 bridgehead atoms. The van der Waals surface area contributed by atoms with Crippen molar-refractivity contribution in [1.82, 2.24) is 20.6 Å². The van der Waals surface area contributed by atoms with Crippen molar-refractivity contribution in [2.45, 2.75) is 24.9 Å². The molecule has 1 aliphatic heterocycles. The van der Waals surface area contributed by atoms with Crippen LogP contribution in [-0.4, -0.2) is 39.6 Å². The highest BCUT2D eigenvalue weighted by molar-refractivity contribution is 6.31. The molecule has 1 saturated carbocycles. The van der Waals surface area contributed by atoms with Gasteiger partial charge in [-0.15, -0.1) is 0 Å². The molecule has 3 unspecified atom stereocenters. The molecule has 3 N–H and O–H groups in total. The number of carbonyl (C=O) groups is 1. The number of piperidine rings is 1. The zero-order chi connectivity index (χ0) is 12.7. The highest BCUT2D eigenvalue weighted by atomic mass is 35.5. The summed E-state index contributed by atoms with van der Waals surface area (Å²) in [5.74, 6) is -0.149. The Kier molecular flexibility index (Phi) is 2.83. The van der Waals surface area contributed by atoms with Crippen molar-refractivity contribution >= 4 is 17.5 Å². The summed E-state index contributed by atoms with van der Waals surface area (Å²) in [6.45, 7) is 1.04. The average molecular weight is 269 g/mol. The molecular weight excluding hydrogens is 256 g/mol. The van der Waals surface area contributed by atoms with E-state index in [1.807, 2.05) is 0 Å². The summed E-state index contributed by atoms with van der Waals surface area (Å²) < 4.78 is 0. The largest absolute Gasteiger partial charge is 0.492 e. The highest BCUT2D eigenvalue weighted by Gasteiger charge is 2.40. The molecule has 3 rings (SSSR count). The second kappa shape index (κ2) is 4.37. The van der Waals surface area contributed by atoms with E-state index >= 15 is 0 Å². The first kappa shape index (κ1) is 11.7. The van der Waals surface area contributed by atoms with Crippen molar-refractivity contribution in [2.24, 2.45) is 5.92 Å². The number of hydrogen-bond acceptors (Lipinski definition) is 5. The molecule has 1 saturated heterocycles. The number of aromatic nitrogens is 2. The minimum Gasteiger partial charge on any atom is -0.492 e. The van der Waals surface area contributed by atoms with Crippen molar-refractivity contribution in [3.8, 4) is 5.88 Å². The topological polar surface area (TPSA) is 87.1 Å². The molecular formula is C11H13ClN4O2. The normalized spacial score (nSPS) is 29.5. The van der Waals surface area contributed by atoms with Crippen molar-refractivity contribution in [1.29, 1.82) is 0 Å². The molecule has 1 amide bonds. The smallest absolute Gasteiger partial charge is 0.289 e. The van der Waals surface area contributed by atoms with Crippen LogP contribution in [0.5, 0.6) is 5.88 Å². The summed E-state index contributed by atoms with van der Waals surface area (Å²) in [5.41, 5.74) is 0. The number of carbonyl (C=O) groups excluding carboxylic acids is 1. The van der Waals surface area contributed by atoms with Gasteiger partial charge in [0.1, 0.15) is 5.02 Å².